The number of nitro groups is 1. The summed E-state index contributed by atoms with van der Waals surface area (Å²) in [5, 5.41) is 10.7. The molecule has 0 radical (unpaired) electrons. The van der Waals surface area contributed by atoms with Gasteiger partial charge in [0.1, 0.15) is 6.20 Å². The third-order valence-corrected chi connectivity index (χ3v) is 3.03. The van der Waals surface area contributed by atoms with E-state index in [1.54, 1.807) is 0 Å². The molecule has 0 saturated carbocycles. The van der Waals surface area contributed by atoms with Crippen LogP contribution in [0.15, 0.2) is 6.20 Å². The number of aromatic nitrogens is 1. The molecule has 0 fully saturated rings. The van der Waals surface area contributed by atoms with Crippen LogP contribution in [-0.2, 0) is 16.0 Å². The van der Waals surface area contributed by atoms with E-state index in [0.29, 0.717) is 0 Å². The number of esters is 1. The Kier molecular flexibility index (Phi) is 5.69. The molecular weight excluding hydrogens is 412 g/mol. The lowest BCUT2D eigenvalue weighted by atomic mass is 10.2. The van der Waals surface area contributed by atoms with Crippen LogP contribution in [0.2, 0.25) is 0 Å². The summed E-state index contributed by atoms with van der Waals surface area (Å²) in [6.45, 7) is 1.58. The molecule has 21 heavy (non-hydrogen) atoms. The number of carbonyl (C=O) groups excluding carboxylic acids is 1. The fraction of sp³-hybridized carbons (Fsp3) is 0.400. The fourth-order valence-corrected chi connectivity index (χ4v) is 2.14. The van der Waals surface area contributed by atoms with Crippen LogP contribution in [0.25, 0.3) is 0 Å². The summed E-state index contributed by atoms with van der Waals surface area (Å²) in [5.41, 5.74) is -0.249. The second-order valence-corrected chi connectivity index (χ2v) is 4.62. The molecule has 0 N–H and O–H groups in total. The molecule has 0 amide bonds. The summed E-state index contributed by atoms with van der Waals surface area (Å²) in [7, 11) is 0. The molecule has 0 spiro atoms. The van der Waals surface area contributed by atoms with Crippen LogP contribution < -0.4 is 4.74 Å². The highest BCUT2D eigenvalue weighted by Crippen LogP contribution is 2.35. The number of alkyl halides is 3. The lowest BCUT2D eigenvalue weighted by molar-refractivity contribution is -0.390. The molecule has 1 heterocycles. The van der Waals surface area contributed by atoms with Gasteiger partial charge in [0.2, 0.25) is 0 Å². The standard InChI is InChI=1S/C10H8F3IN2O5/c1-2-20-6(17)3-5-4-15-9(16(18)19)7(14)8(5)21-10(11,12)13/h4H,2-3H2,1H3. The molecular formula is C10H8F3IN2O5. The van der Waals surface area contributed by atoms with Crippen LogP contribution in [0.5, 0.6) is 5.75 Å². The Labute approximate surface area is 129 Å². The number of carbonyl (C=O) groups is 1. The lowest BCUT2D eigenvalue weighted by Crippen LogP contribution is -2.20. The molecule has 0 aliphatic heterocycles. The van der Waals surface area contributed by atoms with Crippen molar-refractivity contribution in [1.29, 1.82) is 0 Å². The first kappa shape index (κ1) is 17.4. The van der Waals surface area contributed by atoms with Gasteiger partial charge in [-0.05, 0) is 39.4 Å². The average molecular weight is 420 g/mol. The molecule has 1 aromatic rings. The Morgan fingerprint density at radius 1 is 1.52 bits per heavy atom. The van der Waals surface area contributed by atoms with Crippen molar-refractivity contribution in [3.05, 3.63) is 25.4 Å². The van der Waals surface area contributed by atoms with Gasteiger partial charge in [0.05, 0.1) is 18.6 Å². The lowest BCUT2D eigenvalue weighted by Gasteiger charge is -2.13. The molecule has 116 valence electrons. The minimum absolute atomic E-state index is 0.0474. The molecule has 0 atom stereocenters. The number of hydrogen-bond acceptors (Lipinski definition) is 6. The van der Waals surface area contributed by atoms with Gasteiger partial charge >= 0.3 is 18.1 Å². The van der Waals surface area contributed by atoms with Gasteiger partial charge in [0, 0.05) is 0 Å². The summed E-state index contributed by atoms with van der Waals surface area (Å²) < 4.78 is 45.1. The molecule has 0 aliphatic rings. The monoisotopic (exact) mass is 420 g/mol. The highest BCUT2D eigenvalue weighted by molar-refractivity contribution is 14.1. The molecule has 0 bridgehead atoms. The Bertz CT molecular complexity index is 564. The predicted octanol–water partition coefficient (Wildman–Crippen LogP) is 2.60. The van der Waals surface area contributed by atoms with Crippen LogP contribution in [0.1, 0.15) is 12.5 Å². The minimum atomic E-state index is -5.06. The average Bonchev–Trinajstić information content (AvgIpc) is 2.32. The Balaban J connectivity index is 3.26. The van der Waals surface area contributed by atoms with Crippen molar-refractivity contribution >= 4 is 34.4 Å². The smallest absolute Gasteiger partial charge is 0.466 e. The topological polar surface area (TPSA) is 91.6 Å². The van der Waals surface area contributed by atoms with Crippen LogP contribution >= 0.6 is 22.6 Å². The van der Waals surface area contributed by atoms with Gasteiger partial charge in [-0.1, -0.05) is 0 Å². The van der Waals surface area contributed by atoms with Crippen molar-refractivity contribution < 1.29 is 32.4 Å². The first-order chi connectivity index (χ1) is 9.65. The molecule has 1 rings (SSSR count). The van der Waals surface area contributed by atoms with E-state index >= 15 is 0 Å². The zero-order valence-electron chi connectivity index (χ0n) is 10.4. The third kappa shape index (κ3) is 4.99. The number of halogens is 4. The van der Waals surface area contributed by atoms with Crippen LogP contribution in [0.4, 0.5) is 19.0 Å². The number of rotatable bonds is 5. The zero-order valence-corrected chi connectivity index (χ0v) is 12.6. The maximum Gasteiger partial charge on any atom is 0.573 e. The Hall–Kier alpha value is -1.66. The summed E-state index contributed by atoms with van der Waals surface area (Å²) in [6.07, 6.45) is -4.81. The van der Waals surface area contributed by atoms with Crippen LogP contribution in [0.3, 0.4) is 0 Å². The molecule has 0 unspecified atom stereocenters. The maximum absolute atomic E-state index is 12.4. The predicted molar refractivity (Wildman–Crippen MR) is 70.6 cm³/mol. The Morgan fingerprint density at radius 2 is 2.14 bits per heavy atom. The fourth-order valence-electron chi connectivity index (χ4n) is 1.34. The quantitative estimate of drug-likeness (QED) is 0.315. The van der Waals surface area contributed by atoms with E-state index in [2.05, 4.69) is 14.5 Å². The highest BCUT2D eigenvalue weighted by atomic mass is 127. The molecule has 0 saturated heterocycles. The van der Waals surface area contributed by atoms with Gasteiger partial charge in [0.15, 0.2) is 9.32 Å². The summed E-state index contributed by atoms with van der Waals surface area (Å²) >= 11 is 1.31. The number of pyridine rings is 1. The number of ether oxygens (including phenoxy) is 2. The number of nitrogens with zero attached hydrogens (tertiary/aromatic N) is 2. The van der Waals surface area contributed by atoms with Crippen molar-refractivity contribution in [2.24, 2.45) is 0 Å². The van der Waals surface area contributed by atoms with Crippen molar-refractivity contribution in [2.75, 3.05) is 6.61 Å². The van der Waals surface area contributed by atoms with Crippen molar-refractivity contribution in [2.45, 2.75) is 19.7 Å². The molecule has 0 aromatic carbocycles. The molecule has 11 heteroatoms. The molecule has 7 nitrogen and oxygen atoms in total. The highest BCUT2D eigenvalue weighted by Gasteiger charge is 2.36. The maximum atomic E-state index is 12.4. The van der Waals surface area contributed by atoms with E-state index in [1.807, 2.05) is 0 Å². The molecule has 0 aliphatic carbocycles. The SMILES string of the molecule is CCOC(=O)Cc1cnc([N+](=O)[O-])c(I)c1OC(F)(F)F. The normalized spacial score (nSPS) is 11.1. The number of hydrogen-bond donors (Lipinski definition) is 0. The van der Waals surface area contributed by atoms with Crippen molar-refractivity contribution in [3.8, 4) is 5.75 Å². The van der Waals surface area contributed by atoms with E-state index in [1.165, 1.54) is 29.5 Å². The first-order valence-electron chi connectivity index (χ1n) is 5.38. The second-order valence-electron chi connectivity index (χ2n) is 3.54. The van der Waals surface area contributed by atoms with Gasteiger partial charge < -0.3 is 19.6 Å². The van der Waals surface area contributed by atoms with E-state index < -0.39 is 38.8 Å². The first-order valence-corrected chi connectivity index (χ1v) is 6.46. The zero-order chi connectivity index (χ0) is 16.2. The largest absolute Gasteiger partial charge is 0.573 e. The van der Waals surface area contributed by atoms with Crippen molar-refractivity contribution in [3.63, 3.8) is 0 Å². The minimum Gasteiger partial charge on any atom is -0.466 e. The van der Waals surface area contributed by atoms with E-state index in [0.717, 1.165) is 6.20 Å². The van der Waals surface area contributed by atoms with Crippen LogP contribution in [0, 0.1) is 13.7 Å². The van der Waals surface area contributed by atoms with Gasteiger partial charge in [-0.25, -0.2) is 0 Å². The van der Waals surface area contributed by atoms with Gasteiger partial charge in [-0.2, -0.15) is 0 Å². The molecule has 1 aromatic heterocycles. The summed E-state index contributed by atoms with van der Waals surface area (Å²) in [5.74, 6) is -2.41. The van der Waals surface area contributed by atoms with Crippen molar-refractivity contribution in [1.82, 2.24) is 4.98 Å². The second kappa shape index (κ2) is 6.87. The Morgan fingerprint density at radius 3 is 2.62 bits per heavy atom. The van der Waals surface area contributed by atoms with E-state index in [4.69, 9.17) is 0 Å². The van der Waals surface area contributed by atoms with Gasteiger partial charge in [0.25, 0.3) is 0 Å². The van der Waals surface area contributed by atoms with Gasteiger partial charge in [-0.15, -0.1) is 13.2 Å². The third-order valence-electron chi connectivity index (χ3n) is 2.06. The van der Waals surface area contributed by atoms with Gasteiger partial charge in [-0.3, -0.25) is 4.79 Å². The summed E-state index contributed by atoms with van der Waals surface area (Å²) in [4.78, 5) is 24.5. The van der Waals surface area contributed by atoms with E-state index in [-0.39, 0.29) is 12.2 Å². The van der Waals surface area contributed by atoms with E-state index in [9.17, 15) is 28.1 Å². The van der Waals surface area contributed by atoms with Crippen LogP contribution in [-0.4, -0.2) is 28.8 Å². The summed E-state index contributed by atoms with van der Waals surface area (Å²) in [6, 6.07) is 0.